The van der Waals surface area contributed by atoms with Crippen LogP contribution in [0.2, 0.25) is 0 Å². The normalized spacial score (nSPS) is 12.7. The number of carboxylic acids is 1. The molecule has 30 heavy (non-hydrogen) atoms. The van der Waals surface area contributed by atoms with Gasteiger partial charge < -0.3 is 24.9 Å². The maximum absolute atomic E-state index is 14.4. The monoisotopic (exact) mass is 412 g/mol. The zero-order valence-corrected chi connectivity index (χ0v) is 17.1. The van der Waals surface area contributed by atoms with Gasteiger partial charge >= 0.3 is 5.97 Å². The third-order valence-electron chi connectivity index (χ3n) is 4.36. The molecule has 7 heteroatoms. The van der Waals surface area contributed by atoms with E-state index in [4.69, 9.17) is 4.74 Å². The number of benzene rings is 2. The van der Waals surface area contributed by atoms with E-state index in [1.54, 1.807) is 25.2 Å². The van der Waals surface area contributed by atoms with Crippen molar-refractivity contribution in [2.75, 3.05) is 43.6 Å². The summed E-state index contributed by atoms with van der Waals surface area (Å²) in [5.74, 6) is 4.18. The van der Waals surface area contributed by atoms with E-state index in [9.17, 15) is 19.1 Å². The summed E-state index contributed by atoms with van der Waals surface area (Å²) in [6.07, 6.45) is 1.51. The van der Waals surface area contributed by atoms with Crippen LogP contribution in [0.5, 0.6) is 0 Å². The van der Waals surface area contributed by atoms with Crippen LogP contribution in [0.3, 0.4) is 0 Å². The molecule has 0 aromatic heterocycles. The van der Waals surface area contributed by atoms with Crippen molar-refractivity contribution in [2.24, 2.45) is 0 Å². The second-order valence-electron chi connectivity index (χ2n) is 6.40. The zero-order valence-electron chi connectivity index (χ0n) is 17.1. The van der Waals surface area contributed by atoms with E-state index in [0.29, 0.717) is 30.9 Å². The number of nitrogens with one attached hydrogen (secondary N) is 1. The molecule has 0 unspecified atom stereocenters. The highest BCUT2D eigenvalue weighted by atomic mass is 19.1. The molecule has 0 saturated carbocycles. The summed E-state index contributed by atoms with van der Waals surface area (Å²) >= 11 is 0. The van der Waals surface area contributed by atoms with E-state index in [1.165, 1.54) is 12.1 Å². The fraction of sp³-hybridized carbons (Fsp3) is 0.304. The number of rotatable bonds is 4. The van der Waals surface area contributed by atoms with E-state index in [1.807, 2.05) is 13.0 Å². The Morgan fingerprint density at radius 3 is 2.50 bits per heavy atom. The molecule has 0 bridgehead atoms. The Bertz CT molecular complexity index is 944. The molecular weight excluding hydrogens is 387 g/mol. The first-order chi connectivity index (χ1) is 14.5. The fourth-order valence-corrected chi connectivity index (χ4v) is 2.78. The molecule has 1 aliphatic rings. The maximum Gasteiger partial charge on any atom is 0.337 e. The van der Waals surface area contributed by atoms with E-state index >= 15 is 0 Å². The van der Waals surface area contributed by atoms with Gasteiger partial charge in [0.25, 0.3) is 0 Å². The van der Waals surface area contributed by atoms with Crippen molar-refractivity contribution in [3.8, 4) is 11.8 Å². The number of ether oxygens (including phenoxy) is 1. The van der Waals surface area contributed by atoms with Gasteiger partial charge in [-0.2, -0.15) is 0 Å². The Hall–Kier alpha value is -3.37. The average molecular weight is 412 g/mol. The van der Waals surface area contributed by atoms with E-state index in [0.717, 1.165) is 25.1 Å². The Balaban J connectivity index is 0.000000735. The van der Waals surface area contributed by atoms with Crippen molar-refractivity contribution in [3.05, 3.63) is 58.9 Å². The molecule has 3 rings (SSSR count). The summed E-state index contributed by atoms with van der Waals surface area (Å²) in [4.78, 5) is 22.5. The lowest BCUT2D eigenvalue weighted by Gasteiger charge is -2.28. The van der Waals surface area contributed by atoms with Gasteiger partial charge in [-0.25, -0.2) is 9.18 Å². The highest BCUT2D eigenvalue weighted by Gasteiger charge is 2.13. The Morgan fingerprint density at radius 1 is 1.23 bits per heavy atom. The first-order valence-electron chi connectivity index (χ1n) is 9.63. The summed E-state index contributed by atoms with van der Waals surface area (Å²) in [5.41, 5.74) is 2.23. The van der Waals surface area contributed by atoms with Crippen LogP contribution >= 0.6 is 0 Å². The number of hydrogen-bond donors (Lipinski definition) is 2. The minimum atomic E-state index is -1.04. The lowest BCUT2D eigenvalue weighted by atomic mass is 10.1. The summed E-state index contributed by atoms with van der Waals surface area (Å²) in [6, 6.07) is 9.78. The van der Waals surface area contributed by atoms with Gasteiger partial charge in [0.1, 0.15) is 12.1 Å². The summed E-state index contributed by atoms with van der Waals surface area (Å²) in [6.45, 7) is 4.56. The van der Waals surface area contributed by atoms with E-state index in [-0.39, 0.29) is 11.1 Å². The SMILES string of the molecule is CCC=O.CNc1ccc(C#Cc2ccc(N3CCOCC3)cc2F)cc1C(=O)O. The molecule has 0 spiro atoms. The lowest BCUT2D eigenvalue weighted by molar-refractivity contribution is -0.107. The number of aromatic carboxylic acids is 1. The topological polar surface area (TPSA) is 78.9 Å². The number of morpholine rings is 1. The molecule has 0 amide bonds. The Labute approximate surface area is 175 Å². The van der Waals surface area contributed by atoms with Gasteiger partial charge in [0, 0.05) is 43.5 Å². The molecule has 0 radical (unpaired) electrons. The van der Waals surface area contributed by atoms with Crippen LogP contribution in [0, 0.1) is 17.7 Å². The number of aldehydes is 1. The third-order valence-corrected chi connectivity index (χ3v) is 4.36. The Kier molecular flexibility index (Phi) is 8.85. The predicted octanol–water partition coefficient (Wildman–Crippen LogP) is 3.40. The smallest absolute Gasteiger partial charge is 0.337 e. The first kappa shape index (κ1) is 22.9. The van der Waals surface area contributed by atoms with Gasteiger partial charge in [0.2, 0.25) is 0 Å². The van der Waals surface area contributed by atoms with Crippen LogP contribution in [-0.2, 0) is 9.53 Å². The molecule has 2 aromatic rings. The second kappa shape index (κ2) is 11.6. The third kappa shape index (κ3) is 6.33. The summed E-state index contributed by atoms with van der Waals surface area (Å²) < 4.78 is 19.7. The molecule has 1 aliphatic heterocycles. The highest BCUT2D eigenvalue weighted by Crippen LogP contribution is 2.20. The molecular formula is C23H25FN2O4. The summed E-state index contributed by atoms with van der Waals surface area (Å²) in [5, 5.41) is 12.1. The quantitative estimate of drug-likeness (QED) is 0.592. The zero-order chi connectivity index (χ0) is 21.9. The lowest BCUT2D eigenvalue weighted by Crippen LogP contribution is -2.36. The van der Waals surface area contributed by atoms with Crippen LogP contribution in [0.25, 0.3) is 0 Å². The van der Waals surface area contributed by atoms with Crippen LogP contribution < -0.4 is 10.2 Å². The van der Waals surface area contributed by atoms with Crippen molar-refractivity contribution < 1.29 is 23.8 Å². The van der Waals surface area contributed by atoms with Crippen LogP contribution in [0.1, 0.15) is 34.8 Å². The predicted molar refractivity (Wildman–Crippen MR) is 115 cm³/mol. The fourth-order valence-electron chi connectivity index (χ4n) is 2.78. The molecule has 2 aromatic carbocycles. The molecule has 6 nitrogen and oxygen atoms in total. The largest absolute Gasteiger partial charge is 0.478 e. The van der Waals surface area contributed by atoms with Crippen molar-refractivity contribution >= 4 is 23.6 Å². The van der Waals surface area contributed by atoms with Gasteiger partial charge in [-0.05, 0) is 36.4 Å². The Morgan fingerprint density at radius 2 is 1.93 bits per heavy atom. The van der Waals surface area contributed by atoms with Gasteiger partial charge in [0.15, 0.2) is 0 Å². The minimum absolute atomic E-state index is 0.127. The van der Waals surface area contributed by atoms with Crippen LogP contribution in [0.4, 0.5) is 15.8 Å². The van der Waals surface area contributed by atoms with Gasteiger partial charge in [-0.15, -0.1) is 0 Å². The van der Waals surface area contributed by atoms with Crippen molar-refractivity contribution in [1.29, 1.82) is 0 Å². The minimum Gasteiger partial charge on any atom is -0.478 e. The van der Waals surface area contributed by atoms with Crippen LogP contribution in [0.15, 0.2) is 36.4 Å². The first-order valence-corrected chi connectivity index (χ1v) is 9.63. The average Bonchev–Trinajstić information content (AvgIpc) is 2.78. The molecule has 1 saturated heterocycles. The maximum atomic E-state index is 14.4. The standard InChI is InChI=1S/C20H19FN2O3.C3H6O/c1-22-19-7-3-14(12-17(19)20(24)25)2-4-15-5-6-16(13-18(15)21)23-8-10-26-11-9-23;1-2-3-4/h3,5-7,12-13,22H,8-11H2,1H3,(H,24,25);3H,2H2,1H3. The number of halogens is 1. The number of hydrogen-bond acceptors (Lipinski definition) is 5. The molecule has 1 heterocycles. The molecule has 158 valence electrons. The number of carbonyl (C=O) groups excluding carboxylic acids is 1. The van der Waals surface area contributed by atoms with Crippen molar-refractivity contribution in [1.82, 2.24) is 0 Å². The van der Waals surface area contributed by atoms with Crippen molar-refractivity contribution in [2.45, 2.75) is 13.3 Å². The van der Waals surface area contributed by atoms with E-state index < -0.39 is 11.8 Å². The highest BCUT2D eigenvalue weighted by molar-refractivity contribution is 5.94. The van der Waals surface area contributed by atoms with Gasteiger partial charge in [-0.3, -0.25) is 0 Å². The molecule has 1 fully saturated rings. The van der Waals surface area contributed by atoms with Gasteiger partial charge in [0.05, 0.1) is 24.3 Å². The second-order valence-corrected chi connectivity index (χ2v) is 6.40. The number of anilines is 2. The van der Waals surface area contributed by atoms with Gasteiger partial charge in [-0.1, -0.05) is 18.8 Å². The van der Waals surface area contributed by atoms with Crippen LogP contribution in [-0.4, -0.2) is 50.7 Å². The molecule has 0 atom stereocenters. The van der Waals surface area contributed by atoms with E-state index in [2.05, 4.69) is 22.1 Å². The number of nitrogens with zero attached hydrogens (tertiary/aromatic N) is 1. The van der Waals surface area contributed by atoms with Crippen molar-refractivity contribution in [3.63, 3.8) is 0 Å². The number of carbonyl (C=O) groups is 2. The number of carboxylic acid groups (broad SMARTS) is 1. The molecule has 2 N–H and O–H groups in total. The molecule has 0 aliphatic carbocycles. The summed E-state index contributed by atoms with van der Waals surface area (Å²) in [7, 11) is 1.65.